The van der Waals surface area contributed by atoms with Gasteiger partial charge in [0.2, 0.25) is 0 Å². The first-order chi connectivity index (χ1) is 9.60. The molecule has 0 aromatic heterocycles. The zero-order valence-electron chi connectivity index (χ0n) is 12.6. The first-order valence-electron chi connectivity index (χ1n) is 6.54. The van der Waals surface area contributed by atoms with Crippen molar-refractivity contribution in [2.45, 2.75) is 36.9 Å². The summed E-state index contributed by atoms with van der Waals surface area (Å²) >= 11 is 3.23. The minimum Gasteiger partial charge on any atom is -0.272 e. The lowest BCUT2D eigenvalue weighted by Gasteiger charge is -2.27. The largest absolute Gasteiger partial charge is 0.272 e. The van der Waals surface area contributed by atoms with Crippen LogP contribution in [0.25, 0.3) is 0 Å². The van der Waals surface area contributed by atoms with Crippen LogP contribution in [0.4, 0.5) is 0 Å². The number of sulfonamides is 1. The normalized spacial score (nSPS) is 12.6. The summed E-state index contributed by atoms with van der Waals surface area (Å²) < 4.78 is 25.3. The van der Waals surface area contributed by atoms with Crippen molar-refractivity contribution < 1.29 is 13.2 Å². The van der Waals surface area contributed by atoms with Crippen LogP contribution in [0.1, 0.15) is 26.3 Å². The summed E-state index contributed by atoms with van der Waals surface area (Å²) in [5.41, 5.74) is 0.959. The molecule has 0 aliphatic heterocycles. The third-order valence-corrected chi connectivity index (χ3v) is 4.95. The molecule has 0 atom stereocenters. The summed E-state index contributed by atoms with van der Waals surface area (Å²) in [6, 6.07) is 6.46. The Morgan fingerprint density at radius 2 is 1.81 bits per heavy atom. The number of carbonyl (C=O) groups is 1. The first-order valence-corrected chi connectivity index (χ1v) is 8.78. The van der Waals surface area contributed by atoms with Gasteiger partial charge in [0.05, 0.1) is 15.8 Å². The third-order valence-electron chi connectivity index (χ3n) is 2.85. The van der Waals surface area contributed by atoms with Crippen LogP contribution in [0.3, 0.4) is 0 Å². The van der Waals surface area contributed by atoms with Gasteiger partial charge in [-0.25, -0.2) is 12.7 Å². The molecule has 0 bridgehead atoms. The SMILES string of the molecule is C/C=C/CN(C(=O)C(C)(C)Br)S(=O)(=O)c1ccc(C)cc1. The maximum atomic E-state index is 12.7. The molecular weight excluding hydrogens is 354 g/mol. The highest BCUT2D eigenvalue weighted by Crippen LogP contribution is 2.24. The molecule has 1 aromatic carbocycles. The van der Waals surface area contributed by atoms with Gasteiger partial charge in [-0.15, -0.1) is 0 Å². The number of allylic oxidation sites excluding steroid dienone is 1. The lowest BCUT2D eigenvalue weighted by Crippen LogP contribution is -2.45. The quantitative estimate of drug-likeness (QED) is 0.587. The van der Waals surface area contributed by atoms with E-state index in [0.29, 0.717) is 0 Å². The van der Waals surface area contributed by atoms with E-state index in [1.807, 2.05) is 6.92 Å². The molecule has 0 unspecified atom stereocenters. The lowest BCUT2D eigenvalue weighted by atomic mass is 10.2. The second-order valence-electron chi connectivity index (χ2n) is 5.20. The molecule has 0 aliphatic rings. The Balaban J connectivity index is 3.30. The maximum absolute atomic E-state index is 12.7. The van der Waals surface area contributed by atoms with Crippen molar-refractivity contribution in [2.24, 2.45) is 0 Å². The lowest BCUT2D eigenvalue weighted by molar-refractivity contribution is -0.127. The molecule has 0 fully saturated rings. The predicted molar refractivity (Wildman–Crippen MR) is 87.9 cm³/mol. The minimum atomic E-state index is -3.87. The molecule has 1 aromatic rings. The van der Waals surface area contributed by atoms with Crippen molar-refractivity contribution in [2.75, 3.05) is 6.54 Å². The number of carbonyl (C=O) groups excluding carboxylic acids is 1. The van der Waals surface area contributed by atoms with E-state index in [1.165, 1.54) is 12.1 Å². The topological polar surface area (TPSA) is 54.5 Å². The number of aryl methyl sites for hydroxylation is 1. The highest BCUT2D eigenvalue weighted by Gasteiger charge is 2.36. The van der Waals surface area contributed by atoms with Crippen LogP contribution in [0.15, 0.2) is 41.3 Å². The van der Waals surface area contributed by atoms with E-state index in [4.69, 9.17) is 0 Å². The predicted octanol–water partition coefficient (Wildman–Crippen LogP) is 3.26. The second-order valence-corrected chi connectivity index (χ2v) is 9.04. The maximum Gasteiger partial charge on any atom is 0.266 e. The van der Waals surface area contributed by atoms with Crippen LogP contribution in [0, 0.1) is 6.92 Å². The Hall–Kier alpha value is -1.14. The molecule has 0 N–H and O–H groups in total. The van der Waals surface area contributed by atoms with Gasteiger partial charge in [-0.3, -0.25) is 4.79 Å². The molecule has 1 amide bonds. The average Bonchev–Trinajstić information content (AvgIpc) is 2.38. The summed E-state index contributed by atoms with van der Waals surface area (Å²) in [5, 5.41) is 0. The summed E-state index contributed by atoms with van der Waals surface area (Å²) in [6.45, 7) is 6.92. The number of hydrogen-bond acceptors (Lipinski definition) is 3. The zero-order valence-corrected chi connectivity index (χ0v) is 15.0. The molecule has 0 saturated heterocycles. The van der Waals surface area contributed by atoms with Crippen molar-refractivity contribution in [1.82, 2.24) is 4.31 Å². The summed E-state index contributed by atoms with van der Waals surface area (Å²) in [5.74, 6) is -0.499. The summed E-state index contributed by atoms with van der Waals surface area (Å²) in [6.07, 6.45) is 3.36. The second kappa shape index (κ2) is 6.75. The Labute approximate surface area is 135 Å². The number of halogens is 1. The summed E-state index contributed by atoms with van der Waals surface area (Å²) in [4.78, 5) is 12.5. The monoisotopic (exact) mass is 373 g/mol. The Morgan fingerprint density at radius 3 is 2.24 bits per heavy atom. The smallest absolute Gasteiger partial charge is 0.266 e. The molecule has 0 aliphatic carbocycles. The van der Waals surface area contributed by atoms with E-state index >= 15 is 0 Å². The molecule has 0 saturated carbocycles. The number of alkyl halides is 1. The molecule has 0 radical (unpaired) electrons. The zero-order chi connectivity index (χ0) is 16.3. The van der Waals surface area contributed by atoms with Gasteiger partial charge in [-0.05, 0) is 39.8 Å². The van der Waals surface area contributed by atoms with Gasteiger partial charge in [0.15, 0.2) is 0 Å². The van der Waals surface area contributed by atoms with Gasteiger partial charge in [-0.1, -0.05) is 45.8 Å². The fourth-order valence-corrected chi connectivity index (χ4v) is 3.42. The van der Waals surface area contributed by atoms with Gasteiger partial charge in [0, 0.05) is 0 Å². The number of benzene rings is 1. The van der Waals surface area contributed by atoms with E-state index in [9.17, 15) is 13.2 Å². The van der Waals surface area contributed by atoms with E-state index < -0.39 is 20.3 Å². The average molecular weight is 374 g/mol. The van der Waals surface area contributed by atoms with Gasteiger partial charge in [0.1, 0.15) is 0 Å². The number of hydrogen-bond donors (Lipinski definition) is 0. The molecule has 4 nitrogen and oxygen atoms in total. The molecule has 0 heterocycles. The third kappa shape index (κ3) is 4.41. The minimum absolute atomic E-state index is 0.0145. The highest BCUT2D eigenvalue weighted by atomic mass is 79.9. The van der Waals surface area contributed by atoms with E-state index in [2.05, 4.69) is 15.9 Å². The van der Waals surface area contributed by atoms with Gasteiger partial charge in [0.25, 0.3) is 15.9 Å². The van der Waals surface area contributed by atoms with Gasteiger partial charge >= 0.3 is 0 Å². The number of rotatable bonds is 5. The van der Waals surface area contributed by atoms with Crippen LogP contribution >= 0.6 is 15.9 Å². The Morgan fingerprint density at radius 1 is 1.29 bits per heavy atom. The van der Waals surface area contributed by atoms with Crippen molar-refractivity contribution in [3.63, 3.8) is 0 Å². The van der Waals surface area contributed by atoms with E-state index in [1.54, 1.807) is 45.1 Å². The molecule has 0 spiro atoms. The highest BCUT2D eigenvalue weighted by molar-refractivity contribution is 9.10. The number of nitrogens with zero attached hydrogens (tertiary/aromatic N) is 1. The molecule has 116 valence electrons. The van der Waals surface area contributed by atoms with Crippen molar-refractivity contribution in [1.29, 1.82) is 0 Å². The molecule has 21 heavy (non-hydrogen) atoms. The van der Waals surface area contributed by atoms with Crippen LogP contribution in [0.2, 0.25) is 0 Å². The fourth-order valence-electron chi connectivity index (χ4n) is 1.63. The first kappa shape index (κ1) is 17.9. The van der Waals surface area contributed by atoms with Crippen LogP contribution in [0.5, 0.6) is 0 Å². The van der Waals surface area contributed by atoms with Crippen LogP contribution in [-0.2, 0) is 14.8 Å². The van der Waals surface area contributed by atoms with E-state index in [-0.39, 0.29) is 11.4 Å². The van der Waals surface area contributed by atoms with Crippen molar-refractivity contribution in [3.8, 4) is 0 Å². The Bertz CT molecular complexity index is 628. The van der Waals surface area contributed by atoms with Crippen molar-refractivity contribution in [3.05, 3.63) is 42.0 Å². The van der Waals surface area contributed by atoms with E-state index in [0.717, 1.165) is 9.87 Å². The van der Waals surface area contributed by atoms with Crippen molar-refractivity contribution >= 4 is 31.9 Å². The Kier molecular flexibility index (Phi) is 5.75. The fraction of sp³-hybridized carbons (Fsp3) is 0.400. The standard InChI is InChI=1S/C15H20BrNO3S/c1-5-6-11-17(14(18)15(3,4)16)21(19,20)13-9-7-12(2)8-10-13/h5-10H,11H2,1-4H3/b6-5+. The van der Waals surface area contributed by atoms with Crippen LogP contribution in [-0.4, -0.2) is 29.5 Å². The van der Waals surface area contributed by atoms with Crippen LogP contribution < -0.4 is 0 Å². The molecule has 6 heteroatoms. The van der Waals surface area contributed by atoms with Gasteiger partial charge in [-0.2, -0.15) is 0 Å². The number of amides is 1. The summed E-state index contributed by atoms with van der Waals surface area (Å²) in [7, 11) is -3.87. The van der Waals surface area contributed by atoms with Gasteiger partial charge < -0.3 is 0 Å². The molecular formula is C15H20BrNO3S. The molecule has 1 rings (SSSR count).